The molecule has 104 valence electrons. The molecule has 1 unspecified atom stereocenters. The Balaban J connectivity index is 2.03. The zero-order chi connectivity index (χ0) is 14.5. The molecule has 0 saturated heterocycles. The first kappa shape index (κ1) is 14.1. The fourth-order valence-corrected chi connectivity index (χ4v) is 1.80. The molecule has 0 aliphatic rings. The first-order valence-electron chi connectivity index (χ1n) is 6.30. The molecule has 0 aromatic heterocycles. The van der Waals surface area contributed by atoms with Crippen LogP contribution in [0, 0.1) is 11.7 Å². The van der Waals surface area contributed by atoms with E-state index >= 15 is 0 Å². The van der Waals surface area contributed by atoms with Gasteiger partial charge in [-0.3, -0.25) is 4.79 Å². The number of benzene rings is 2. The van der Waals surface area contributed by atoms with Gasteiger partial charge in [-0.25, -0.2) is 4.39 Å². The fraction of sp³-hybridized carbons (Fsp3) is 0.188. The van der Waals surface area contributed by atoms with Crippen LogP contribution in [-0.2, 0) is 11.2 Å². The first-order valence-corrected chi connectivity index (χ1v) is 6.30. The maximum atomic E-state index is 13.0. The highest BCUT2D eigenvalue weighted by atomic mass is 19.1. The van der Waals surface area contributed by atoms with Gasteiger partial charge in [0.25, 0.3) is 0 Å². The van der Waals surface area contributed by atoms with Crippen LogP contribution < -0.4 is 4.74 Å². The van der Waals surface area contributed by atoms with Crippen molar-refractivity contribution in [2.75, 3.05) is 0 Å². The summed E-state index contributed by atoms with van der Waals surface area (Å²) in [6, 6.07) is 13.0. The minimum absolute atomic E-state index is 0.352. The minimum Gasteiger partial charge on any atom is -0.481 e. The van der Waals surface area contributed by atoms with Crippen LogP contribution in [0.15, 0.2) is 48.5 Å². The van der Waals surface area contributed by atoms with Crippen molar-refractivity contribution in [3.63, 3.8) is 0 Å². The molecule has 0 heterocycles. The number of hydrogen-bond acceptors (Lipinski definition) is 2. The summed E-state index contributed by atoms with van der Waals surface area (Å²) < 4.78 is 18.5. The molecule has 0 saturated carbocycles. The van der Waals surface area contributed by atoms with Gasteiger partial charge in [-0.05, 0) is 36.2 Å². The lowest BCUT2D eigenvalue weighted by Gasteiger charge is -2.08. The Labute approximate surface area is 116 Å². The fourth-order valence-electron chi connectivity index (χ4n) is 1.80. The Morgan fingerprint density at radius 2 is 1.90 bits per heavy atom. The maximum absolute atomic E-state index is 13.0. The van der Waals surface area contributed by atoms with Gasteiger partial charge in [0.05, 0.1) is 5.92 Å². The monoisotopic (exact) mass is 274 g/mol. The molecule has 3 nitrogen and oxygen atoms in total. The lowest BCUT2D eigenvalue weighted by atomic mass is 10.0. The lowest BCUT2D eigenvalue weighted by molar-refractivity contribution is -0.141. The van der Waals surface area contributed by atoms with Crippen LogP contribution in [0.5, 0.6) is 11.5 Å². The van der Waals surface area contributed by atoms with Crippen molar-refractivity contribution in [2.45, 2.75) is 13.3 Å². The van der Waals surface area contributed by atoms with Gasteiger partial charge >= 0.3 is 5.97 Å². The SMILES string of the molecule is CC(Cc1ccc(Oc2cccc(F)c2)cc1)C(=O)O. The highest BCUT2D eigenvalue weighted by Crippen LogP contribution is 2.22. The van der Waals surface area contributed by atoms with Crippen molar-refractivity contribution in [3.05, 3.63) is 59.9 Å². The molecule has 0 aliphatic heterocycles. The molecule has 20 heavy (non-hydrogen) atoms. The molecule has 0 bridgehead atoms. The molecule has 1 atom stereocenters. The van der Waals surface area contributed by atoms with Gasteiger partial charge in [0.1, 0.15) is 17.3 Å². The highest BCUT2D eigenvalue weighted by molar-refractivity contribution is 5.69. The van der Waals surface area contributed by atoms with E-state index in [4.69, 9.17) is 9.84 Å². The van der Waals surface area contributed by atoms with Gasteiger partial charge in [0.15, 0.2) is 0 Å². The molecule has 2 rings (SSSR count). The molecule has 0 spiro atoms. The largest absolute Gasteiger partial charge is 0.481 e. The van der Waals surface area contributed by atoms with Crippen LogP contribution in [0.3, 0.4) is 0 Å². The molecular formula is C16H15FO3. The Morgan fingerprint density at radius 3 is 2.50 bits per heavy atom. The topological polar surface area (TPSA) is 46.5 Å². The van der Waals surface area contributed by atoms with Gasteiger partial charge in [0.2, 0.25) is 0 Å². The predicted octanol–water partition coefficient (Wildman–Crippen LogP) is 3.88. The smallest absolute Gasteiger partial charge is 0.306 e. The zero-order valence-corrected chi connectivity index (χ0v) is 11.0. The molecule has 2 aromatic rings. The Kier molecular flexibility index (Phi) is 4.35. The van der Waals surface area contributed by atoms with Crippen LogP contribution in [0.1, 0.15) is 12.5 Å². The average molecular weight is 274 g/mol. The molecule has 1 N–H and O–H groups in total. The molecule has 0 amide bonds. The molecular weight excluding hydrogens is 259 g/mol. The number of rotatable bonds is 5. The third-order valence-corrected chi connectivity index (χ3v) is 2.92. The van der Waals surface area contributed by atoms with Crippen molar-refractivity contribution in [2.24, 2.45) is 5.92 Å². The van der Waals surface area contributed by atoms with Crippen molar-refractivity contribution in [3.8, 4) is 11.5 Å². The van der Waals surface area contributed by atoms with E-state index in [1.54, 1.807) is 31.2 Å². The molecule has 4 heteroatoms. The van der Waals surface area contributed by atoms with E-state index in [1.807, 2.05) is 12.1 Å². The third kappa shape index (κ3) is 3.82. The van der Waals surface area contributed by atoms with Gasteiger partial charge in [-0.15, -0.1) is 0 Å². The average Bonchev–Trinajstić information content (AvgIpc) is 2.41. The Bertz CT molecular complexity index is 593. The normalized spacial score (nSPS) is 11.9. The maximum Gasteiger partial charge on any atom is 0.306 e. The standard InChI is InChI=1S/C16H15FO3/c1-11(16(18)19)9-12-5-7-14(8-6-12)20-15-4-2-3-13(17)10-15/h2-8,10-11H,9H2,1H3,(H,18,19). The predicted molar refractivity (Wildman–Crippen MR) is 73.4 cm³/mol. The summed E-state index contributed by atoms with van der Waals surface area (Å²) in [4.78, 5) is 10.8. The summed E-state index contributed by atoms with van der Waals surface area (Å²) in [6.45, 7) is 1.67. The summed E-state index contributed by atoms with van der Waals surface area (Å²) in [5.41, 5.74) is 0.923. The van der Waals surface area contributed by atoms with E-state index in [0.717, 1.165) is 5.56 Å². The molecule has 0 radical (unpaired) electrons. The first-order chi connectivity index (χ1) is 9.54. The lowest BCUT2D eigenvalue weighted by Crippen LogP contribution is -2.12. The van der Waals surface area contributed by atoms with E-state index in [0.29, 0.717) is 17.9 Å². The number of carboxylic acid groups (broad SMARTS) is 1. The van der Waals surface area contributed by atoms with Crippen molar-refractivity contribution in [1.82, 2.24) is 0 Å². The van der Waals surface area contributed by atoms with E-state index in [-0.39, 0.29) is 5.82 Å². The Morgan fingerprint density at radius 1 is 1.20 bits per heavy atom. The zero-order valence-electron chi connectivity index (χ0n) is 11.0. The van der Waals surface area contributed by atoms with E-state index in [1.165, 1.54) is 12.1 Å². The van der Waals surface area contributed by atoms with Crippen LogP contribution in [0.4, 0.5) is 4.39 Å². The second-order valence-electron chi connectivity index (χ2n) is 4.65. The number of ether oxygens (including phenoxy) is 1. The number of carbonyl (C=O) groups is 1. The summed E-state index contributed by atoms with van der Waals surface area (Å²) in [7, 11) is 0. The molecule has 0 fully saturated rings. The summed E-state index contributed by atoms with van der Waals surface area (Å²) in [6.07, 6.45) is 0.468. The number of aliphatic carboxylic acids is 1. The van der Waals surface area contributed by atoms with Crippen LogP contribution in [-0.4, -0.2) is 11.1 Å². The number of halogens is 1. The van der Waals surface area contributed by atoms with Crippen LogP contribution >= 0.6 is 0 Å². The third-order valence-electron chi connectivity index (χ3n) is 2.92. The molecule has 2 aromatic carbocycles. The minimum atomic E-state index is -0.815. The highest BCUT2D eigenvalue weighted by Gasteiger charge is 2.11. The van der Waals surface area contributed by atoms with Gasteiger partial charge in [0, 0.05) is 6.07 Å². The number of carboxylic acids is 1. The van der Waals surface area contributed by atoms with E-state index < -0.39 is 11.9 Å². The second-order valence-corrected chi connectivity index (χ2v) is 4.65. The van der Waals surface area contributed by atoms with Crippen molar-refractivity contribution >= 4 is 5.97 Å². The van der Waals surface area contributed by atoms with Gasteiger partial charge in [-0.2, -0.15) is 0 Å². The second kappa shape index (κ2) is 6.19. The summed E-state index contributed by atoms with van der Waals surface area (Å²) in [5.74, 6) is -0.580. The summed E-state index contributed by atoms with van der Waals surface area (Å²) in [5, 5.41) is 8.86. The number of hydrogen-bond donors (Lipinski definition) is 1. The molecule has 0 aliphatic carbocycles. The van der Waals surface area contributed by atoms with Crippen LogP contribution in [0.2, 0.25) is 0 Å². The van der Waals surface area contributed by atoms with Crippen molar-refractivity contribution < 1.29 is 19.0 Å². The van der Waals surface area contributed by atoms with Gasteiger partial charge in [-0.1, -0.05) is 25.1 Å². The summed E-state index contributed by atoms with van der Waals surface area (Å²) >= 11 is 0. The van der Waals surface area contributed by atoms with E-state index in [9.17, 15) is 9.18 Å². The van der Waals surface area contributed by atoms with Crippen LogP contribution in [0.25, 0.3) is 0 Å². The van der Waals surface area contributed by atoms with Gasteiger partial charge < -0.3 is 9.84 Å². The Hall–Kier alpha value is -2.36. The van der Waals surface area contributed by atoms with Crippen molar-refractivity contribution in [1.29, 1.82) is 0 Å². The quantitative estimate of drug-likeness (QED) is 0.900. The van der Waals surface area contributed by atoms with E-state index in [2.05, 4.69) is 0 Å².